The number of hydrogen-bond acceptors (Lipinski definition) is 6. The molecule has 1 heterocycles. The highest BCUT2D eigenvalue weighted by molar-refractivity contribution is 7.13. The highest BCUT2D eigenvalue weighted by atomic mass is 35.5. The van der Waals surface area contributed by atoms with Crippen LogP contribution in [0.5, 0.6) is 10.9 Å². The Hall–Kier alpha value is -2.32. The van der Waals surface area contributed by atoms with Crippen LogP contribution >= 0.6 is 34.5 Å². The summed E-state index contributed by atoms with van der Waals surface area (Å²) in [6, 6.07) is 8.42. The second kappa shape index (κ2) is 12.7. The first-order valence-electron chi connectivity index (χ1n) is 12.9. The molecular weight excluding hydrogens is 541 g/mol. The molecule has 0 saturated heterocycles. The molecule has 2 aromatic carbocycles. The summed E-state index contributed by atoms with van der Waals surface area (Å²) in [6.07, 6.45) is 4.40. The van der Waals surface area contributed by atoms with Crippen molar-refractivity contribution in [2.24, 2.45) is 11.7 Å². The van der Waals surface area contributed by atoms with Crippen molar-refractivity contribution in [3.05, 3.63) is 73.2 Å². The van der Waals surface area contributed by atoms with Crippen molar-refractivity contribution in [1.29, 1.82) is 0 Å². The molecule has 0 aliphatic heterocycles. The Morgan fingerprint density at radius 3 is 2.58 bits per heavy atom. The molecule has 1 aliphatic carbocycles. The van der Waals surface area contributed by atoms with Gasteiger partial charge in [-0.25, -0.2) is 4.98 Å². The first kappa shape index (κ1) is 28.7. The Morgan fingerprint density at radius 2 is 1.87 bits per heavy atom. The Balaban J connectivity index is 1.33. The zero-order valence-corrected chi connectivity index (χ0v) is 24.7. The van der Waals surface area contributed by atoms with Crippen LogP contribution in [0, 0.1) is 33.6 Å². The lowest BCUT2D eigenvalue weighted by Gasteiger charge is -2.27. The number of ether oxygens (including phenoxy) is 2. The number of aromatic nitrogens is 1. The minimum atomic E-state index is -0.300. The lowest BCUT2D eigenvalue weighted by Crippen LogP contribution is -2.41. The number of nitrogens with zero attached hydrogens (tertiary/aromatic N) is 2. The molecule has 38 heavy (non-hydrogen) atoms. The predicted molar refractivity (Wildman–Crippen MR) is 155 cm³/mol. The highest BCUT2D eigenvalue weighted by Crippen LogP contribution is 2.37. The molecule has 1 aromatic heterocycles. The third kappa shape index (κ3) is 6.81. The minimum Gasteiger partial charge on any atom is -0.487 e. The van der Waals surface area contributed by atoms with E-state index >= 15 is 0 Å². The van der Waals surface area contributed by atoms with Crippen LogP contribution in [0.3, 0.4) is 0 Å². The van der Waals surface area contributed by atoms with E-state index in [2.05, 4.69) is 37.0 Å². The number of nitrogens with two attached hydrogens (primary N) is 1. The Labute approximate surface area is 239 Å². The van der Waals surface area contributed by atoms with E-state index in [0.29, 0.717) is 40.0 Å². The van der Waals surface area contributed by atoms with Crippen LogP contribution in [0.1, 0.15) is 45.5 Å². The number of carbonyl (C=O) groups excluding carboxylic acids is 1. The Morgan fingerprint density at radius 1 is 1.13 bits per heavy atom. The van der Waals surface area contributed by atoms with E-state index < -0.39 is 0 Å². The van der Waals surface area contributed by atoms with Crippen molar-refractivity contribution in [2.45, 2.75) is 59.5 Å². The number of rotatable bonds is 12. The number of benzene rings is 2. The van der Waals surface area contributed by atoms with Crippen molar-refractivity contribution in [3.8, 4) is 10.9 Å². The Bertz CT molecular complexity index is 1290. The second-order valence-electron chi connectivity index (χ2n) is 9.93. The number of amides is 1. The summed E-state index contributed by atoms with van der Waals surface area (Å²) in [5.41, 5.74) is 11.7. The number of carbonyl (C=O) groups is 1. The van der Waals surface area contributed by atoms with Gasteiger partial charge in [-0.05, 0) is 80.8 Å². The van der Waals surface area contributed by atoms with E-state index in [-0.39, 0.29) is 31.6 Å². The molecule has 9 heteroatoms. The number of halogens is 2. The molecule has 6 nitrogen and oxygen atoms in total. The molecule has 1 fully saturated rings. The summed E-state index contributed by atoms with van der Waals surface area (Å²) in [5, 5.41) is 1.52. The van der Waals surface area contributed by atoms with Crippen LogP contribution in [0.25, 0.3) is 0 Å². The molecule has 0 spiro atoms. The van der Waals surface area contributed by atoms with Crippen molar-refractivity contribution in [1.82, 2.24) is 9.88 Å². The molecule has 204 valence electrons. The van der Waals surface area contributed by atoms with Gasteiger partial charge in [0.2, 0.25) is 5.91 Å². The SMILES string of the molecule is Cc1cccc(CN(C(=O)C(CN)Cc2cnc(OCCOc3c(Cl)cc(C)c(C)c3Cl)s2)C2CC2)c1C. The van der Waals surface area contributed by atoms with Crippen LogP contribution < -0.4 is 15.2 Å². The third-order valence-electron chi connectivity index (χ3n) is 7.18. The fourth-order valence-electron chi connectivity index (χ4n) is 4.36. The molecule has 4 rings (SSSR count). The van der Waals surface area contributed by atoms with Gasteiger partial charge in [-0.15, -0.1) is 0 Å². The maximum absolute atomic E-state index is 13.6. The van der Waals surface area contributed by atoms with E-state index in [0.717, 1.165) is 28.8 Å². The molecule has 1 unspecified atom stereocenters. The van der Waals surface area contributed by atoms with Crippen LogP contribution in [-0.2, 0) is 17.8 Å². The maximum atomic E-state index is 13.6. The minimum absolute atomic E-state index is 0.113. The summed E-state index contributed by atoms with van der Waals surface area (Å²) in [6.45, 7) is 9.59. The van der Waals surface area contributed by atoms with Crippen LogP contribution in [0.2, 0.25) is 10.0 Å². The van der Waals surface area contributed by atoms with Gasteiger partial charge in [0, 0.05) is 30.2 Å². The standard InChI is InChI=1S/C29H35Cl2N3O3S/c1-17-6-5-7-21(19(17)3)16-34(23-8-9-23)28(35)22(14-32)13-24-15-33-29(38-24)37-11-10-36-27-25(30)12-18(2)20(4)26(27)31/h5-7,12,15,22-23H,8-11,13-14,16,32H2,1-4H3. The monoisotopic (exact) mass is 575 g/mol. The molecule has 1 amide bonds. The van der Waals surface area contributed by atoms with E-state index in [1.807, 2.05) is 24.8 Å². The quantitative estimate of drug-likeness (QED) is 0.251. The topological polar surface area (TPSA) is 77.7 Å². The van der Waals surface area contributed by atoms with Crippen LogP contribution in [-0.4, -0.2) is 41.6 Å². The molecule has 0 radical (unpaired) electrons. The fourth-order valence-corrected chi connectivity index (χ4v) is 5.88. The van der Waals surface area contributed by atoms with Crippen molar-refractivity contribution < 1.29 is 14.3 Å². The van der Waals surface area contributed by atoms with Gasteiger partial charge in [-0.1, -0.05) is 52.7 Å². The lowest BCUT2D eigenvalue weighted by atomic mass is 10.00. The van der Waals surface area contributed by atoms with E-state index in [4.69, 9.17) is 38.4 Å². The van der Waals surface area contributed by atoms with E-state index in [9.17, 15) is 4.79 Å². The zero-order chi connectivity index (χ0) is 27.4. The van der Waals surface area contributed by atoms with Crippen molar-refractivity contribution >= 4 is 40.4 Å². The normalized spacial score (nSPS) is 13.9. The number of aryl methyl sites for hydroxylation is 2. The average molecular weight is 577 g/mol. The summed E-state index contributed by atoms with van der Waals surface area (Å²) in [4.78, 5) is 20.9. The van der Waals surface area contributed by atoms with Crippen molar-refractivity contribution in [2.75, 3.05) is 19.8 Å². The second-order valence-corrected chi connectivity index (χ2v) is 11.8. The Kier molecular flexibility index (Phi) is 9.58. The van der Waals surface area contributed by atoms with Gasteiger partial charge in [0.15, 0.2) is 5.75 Å². The van der Waals surface area contributed by atoms with E-state index in [1.165, 1.54) is 28.0 Å². The molecule has 0 bridgehead atoms. The smallest absolute Gasteiger partial charge is 0.273 e. The zero-order valence-electron chi connectivity index (χ0n) is 22.4. The van der Waals surface area contributed by atoms with Gasteiger partial charge in [-0.2, -0.15) is 0 Å². The summed E-state index contributed by atoms with van der Waals surface area (Å²) in [7, 11) is 0. The van der Waals surface area contributed by atoms with Gasteiger partial charge in [-0.3, -0.25) is 4.79 Å². The van der Waals surface area contributed by atoms with Gasteiger partial charge < -0.3 is 20.1 Å². The maximum Gasteiger partial charge on any atom is 0.273 e. The third-order valence-corrected chi connectivity index (χ3v) is 8.85. The average Bonchev–Trinajstić information content (AvgIpc) is 3.64. The van der Waals surface area contributed by atoms with Crippen LogP contribution in [0.4, 0.5) is 0 Å². The lowest BCUT2D eigenvalue weighted by molar-refractivity contribution is -0.136. The van der Waals surface area contributed by atoms with Gasteiger partial charge in [0.1, 0.15) is 13.2 Å². The summed E-state index contributed by atoms with van der Waals surface area (Å²) in [5.74, 6) is 0.277. The number of thiazole rings is 1. The first-order valence-corrected chi connectivity index (χ1v) is 14.5. The molecule has 2 N–H and O–H groups in total. The van der Waals surface area contributed by atoms with Crippen LogP contribution in [0.15, 0.2) is 30.5 Å². The molecular formula is C29H35Cl2N3O3S. The fraction of sp³-hybridized carbons (Fsp3) is 0.448. The summed E-state index contributed by atoms with van der Waals surface area (Å²) >= 11 is 14.1. The largest absolute Gasteiger partial charge is 0.487 e. The molecule has 1 aliphatic rings. The van der Waals surface area contributed by atoms with Gasteiger partial charge in [0.05, 0.1) is 16.0 Å². The van der Waals surface area contributed by atoms with E-state index in [1.54, 1.807) is 6.20 Å². The first-order chi connectivity index (χ1) is 18.2. The highest BCUT2D eigenvalue weighted by Gasteiger charge is 2.36. The number of hydrogen-bond donors (Lipinski definition) is 1. The van der Waals surface area contributed by atoms with Crippen molar-refractivity contribution in [3.63, 3.8) is 0 Å². The summed E-state index contributed by atoms with van der Waals surface area (Å²) < 4.78 is 11.6. The van der Waals surface area contributed by atoms with Gasteiger partial charge >= 0.3 is 0 Å². The molecule has 1 atom stereocenters. The predicted octanol–water partition coefficient (Wildman–Crippen LogP) is 6.45. The molecule has 1 saturated carbocycles. The van der Waals surface area contributed by atoms with Gasteiger partial charge in [0.25, 0.3) is 5.19 Å². The molecule has 3 aromatic rings.